The molecule has 4 rings (SSSR count). The Morgan fingerprint density at radius 1 is 1.29 bits per heavy atom. The van der Waals surface area contributed by atoms with Crippen LogP contribution in [0.4, 0.5) is 0 Å². The molecule has 1 aromatic heterocycles. The number of fused-ring (bicyclic) bond motifs is 1. The quantitative estimate of drug-likeness (QED) is 0.673. The van der Waals surface area contributed by atoms with Crippen LogP contribution in [0.5, 0.6) is 0 Å². The van der Waals surface area contributed by atoms with E-state index in [1.54, 1.807) is 0 Å². The molecule has 0 bridgehead atoms. The average Bonchev–Trinajstić information content (AvgIpc) is 3.24. The molecule has 168 valence electrons. The number of halogens is 1. The molecule has 1 aliphatic carbocycles. The van der Waals surface area contributed by atoms with Gasteiger partial charge in [-0.3, -0.25) is 9.69 Å². The maximum Gasteiger partial charge on any atom is 0.241 e. The van der Waals surface area contributed by atoms with Gasteiger partial charge in [-0.05, 0) is 69.7 Å². The number of carbonyl (C=O) groups excluding carboxylic acids is 1. The lowest BCUT2D eigenvalue weighted by Crippen LogP contribution is -2.57. The van der Waals surface area contributed by atoms with E-state index in [2.05, 4.69) is 41.1 Å². The SMILES string of the molecule is CC[C@H](C)NC(=O)[C@@H]1C[C@H](C)N(Cc2nc(-c3ccc(Cl)cc3)no2)[C@H]2CCCC[C@@H]12. The zero-order chi connectivity index (χ0) is 22.0. The highest BCUT2D eigenvalue weighted by Crippen LogP contribution is 2.42. The predicted octanol–water partition coefficient (Wildman–Crippen LogP) is 5.07. The molecule has 6 nitrogen and oxygen atoms in total. The molecule has 0 spiro atoms. The van der Waals surface area contributed by atoms with Crippen LogP contribution in [0.1, 0.15) is 65.2 Å². The minimum absolute atomic E-state index is 0.0952. The summed E-state index contributed by atoms with van der Waals surface area (Å²) < 4.78 is 5.61. The third kappa shape index (κ3) is 4.96. The van der Waals surface area contributed by atoms with Gasteiger partial charge in [0.25, 0.3) is 0 Å². The number of likely N-dealkylation sites (tertiary alicyclic amines) is 1. The molecule has 2 fully saturated rings. The third-order valence-corrected chi connectivity index (χ3v) is 7.36. The molecular formula is C24H33ClN4O2. The first-order valence-electron chi connectivity index (χ1n) is 11.6. The molecule has 0 unspecified atom stereocenters. The van der Waals surface area contributed by atoms with Crippen molar-refractivity contribution in [1.29, 1.82) is 0 Å². The molecule has 1 N–H and O–H groups in total. The van der Waals surface area contributed by atoms with Gasteiger partial charge in [0.05, 0.1) is 6.54 Å². The van der Waals surface area contributed by atoms with E-state index >= 15 is 0 Å². The molecule has 1 aliphatic heterocycles. The summed E-state index contributed by atoms with van der Waals surface area (Å²) in [6.45, 7) is 7.05. The molecular weight excluding hydrogens is 412 g/mol. The Kier molecular flexibility index (Phi) is 6.97. The summed E-state index contributed by atoms with van der Waals surface area (Å²) in [6.07, 6.45) is 6.50. The second-order valence-corrected chi connectivity index (χ2v) is 9.65. The topological polar surface area (TPSA) is 71.3 Å². The summed E-state index contributed by atoms with van der Waals surface area (Å²) in [6, 6.07) is 8.37. The highest BCUT2D eigenvalue weighted by Gasteiger charge is 2.45. The zero-order valence-electron chi connectivity index (χ0n) is 18.7. The van der Waals surface area contributed by atoms with Crippen LogP contribution in [0.15, 0.2) is 28.8 Å². The Morgan fingerprint density at radius 3 is 2.77 bits per heavy atom. The van der Waals surface area contributed by atoms with Crippen LogP contribution >= 0.6 is 11.6 Å². The van der Waals surface area contributed by atoms with Gasteiger partial charge in [0, 0.05) is 34.6 Å². The van der Waals surface area contributed by atoms with E-state index < -0.39 is 0 Å². The van der Waals surface area contributed by atoms with Crippen molar-refractivity contribution in [1.82, 2.24) is 20.4 Å². The van der Waals surface area contributed by atoms with E-state index in [0.29, 0.717) is 35.2 Å². The molecule has 1 amide bonds. The highest BCUT2D eigenvalue weighted by molar-refractivity contribution is 6.30. The van der Waals surface area contributed by atoms with Gasteiger partial charge >= 0.3 is 0 Å². The fourth-order valence-electron chi connectivity index (χ4n) is 5.24. The lowest BCUT2D eigenvalue weighted by molar-refractivity contribution is -0.134. The highest BCUT2D eigenvalue weighted by atomic mass is 35.5. The van der Waals surface area contributed by atoms with Gasteiger partial charge in [-0.25, -0.2) is 0 Å². The molecule has 5 atom stereocenters. The number of amides is 1. The molecule has 2 heterocycles. The first-order valence-corrected chi connectivity index (χ1v) is 12.0. The lowest BCUT2D eigenvalue weighted by Gasteiger charge is -2.50. The molecule has 1 saturated heterocycles. The van der Waals surface area contributed by atoms with E-state index in [1.807, 2.05) is 24.3 Å². The van der Waals surface area contributed by atoms with Gasteiger partial charge in [-0.1, -0.05) is 36.5 Å². The van der Waals surface area contributed by atoms with E-state index in [-0.39, 0.29) is 23.9 Å². The first kappa shape index (κ1) is 22.3. The van der Waals surface area contributed by atoms with Gasteiger partial charge in [0.15, 0.2) is 0 Å². The summed E-state index contributed by atoms with van der Waals surface area (Å²) in [5, 5.41) is 8.10. The Labute approximate surface area is 189 Å². The Balaban J connectivity index is 1.49. The summed E-state index contributed by atoms with van der Waals surface area (Å²) >= 11 is 5.98. The standard InChI is InChI=1S/C24H33ClN4O2/c1-4-15(2)26-24(30)20-13-16(3)29(21-8-6-5-7-19(20)21)14-22-27-23(28-31-22)17-9-11-18(25)12-10-17/h9-12,15-16,19-21H,4-8,13-14H2,1-3H3,(H,26,30)/t15-,16-,19-,20+,21-/m0/s1. The monoisotopic (exact) mass is 444 g/mol. The number of carbonyl (C=O) groups is 1. The Bertz CT molecular complexity index is 884. The van der Waals surface area contributed by atoms with Crippen molar-refractivity contribution in [2.24, 2.45) is 11.8 Å². The molecule has 31 heavy (non-hydrogen) atoms. The van der Waals surface area contributed by atoms with Crippen molar-refractivity contribution in [2.75, 3.05) is 0 Å². The lowest BCUT2D eigenvalue weighted by atomic mass is 9.69. The second-order valence-electron chi connectivity index (χ2n) is 9.22. The number of hydrogen-bond donors (Lipinski definition) is 1. The number of rotatable bonds is 6. The summed E-state index contributed by atoms with van der Waals surface area (Å²) in [4.78, 5) is 20.2. The summed E-state index contributed by atoms with van der Waals surface area (Å²) in [5.74, 6) is 1.94. The minimum Gasteiger partial charge on any atom is -0.353 e. The van der Waals surface area contributed by atoms with E-state index in [1.165, 1.54) is 12.8 Å². The Hall–Kier alpha value is -1.92. The fourth-order valence-corrected chi connectivity index (χ4v) is 5.37. The van der Waals surface area contributed by atoms with Gasteiger partial charge in [-0.2, -0.15) is 4.98 Å². The maximum atomic E-state index is 13.0. The van der Waals surface area contributed by atoms with E-state index in [0.717, 1.165) is 31.2 Å². The first-order chi connectivity index (χ1) is 15.0. The van der Waals surface area contributed by atoms with E-state index in [4.69, 9.17) is 16.1 Å². The number of benzene rings is 1. The smallest absolute Gasteiger partial charge is 0.241 e. The normalized spacial score (nSPS) is 27.5. The van der Waals surface area contributed by atoms with E-state index in [9.17, 15) is 4.79 Å². The molecule has 2 aromatic rings. The number of nitrogens with zero attached hydrogens (tertiary/aromatic N) is 3. The van der Waals surface area contributed by atoms with Crippen LogP contribution in [0, 0.1) is 11.8 Å². The van der Waals surface area contributed by atoms with Crippen LogP contribution in [0.3, 0.4) is 0 Å². The molecule has 1 saturated carbocycles. The van der Waals surface area contributed by atoms with Crippen molar-refractivity contribution in [2.45, 2.75) is 84.0 Å². The number of aromatic nitrogens is 2. The van der Waals surface area contributed by atoms with Crippen LogP contribution in [-0.4, -0.2) is 39.1 Å². The molecule has 7 heteroatoms. The number of nitrogens with one attached hydrogen (secondary N) is 1. The summed E-state index contributed by atoms with van der Waals surface area (Å²) in [7, 11) is 0. The van der Waals surface area contributed by atoms with Crippen LogP contribution in [0.2, 0.25) is 5.02 Å². The average molecular weight is 445 g/mol. The third-order valence-electron chi connectivity index (χ3n) is 7.11. The van der Waals surface area contributed by atoms with Crippen LogP contribution < -0.4 is 5.32 Å². The maximum absolute atomic E-state index is 13.0. The number of hydrogen-bond acceptors (Lipinski definition) is 5. The van der Waals surface area contributed by atoms with Crippen molar-refractivity contribution < 1.29 is 9.32 Å². The zero-order valence-corrected chi connectivity index (χ0v) is 19.4. The van der Waals surface area contributed by atoms with Gasteiger partial charge < -0.3 is 9.84 Å². The number of piperidine rings is 1. The van der Waals surface area contributed by atoms with Crippen molar-refractivity contribution in [3.05, 3.63) is 35.2 Å². The van der Waals surface area contributed by atoms with Gasteiger partial charge in [-0.15, -0.1) is 0 Å². The second kappa shape index (κ2) is 9.70. The summed E-state index contributed by atoms with van der Waals surface area (Å²) in [5.41, 5.74) is 0.892. The van der Waals surface area contributed by atoms with Crippen molar-refractivity contribution in [3.8, 4) is 11.4 Å². The van der Waals surface area contributed by atoms with Crippen LogP contribution in [-0.2, 0) is 11.3 Å². The molecule has 1 aromatic carbocycles. The van der Waals surface area contributed by atoms with Gasteiger partial charge in [0.2, 0.25) is 17.6 Å². The van der Waals surface area contributed by atoms with Gasteiger partial charge in [0.1, 0.15) is 0 Å². The molecule has 2 aliphatic rings. The van der Waals surface area contributed by atoms with Crippen molar-refractivity contribution in [3.63, 3.8) is 0 Å². The Morgan fingerprint density at radius 2 is 2.03 bits per heavy atom. The van der Waals surface area contributed by atoms with Crippen LogP contribution in [0.25, 0.3) is 11.4 Å². The largest absolute Gasteiger partial charge is 0.353 e. The predicted molar refractivity (Wildman–Crippen MR) is 121 cm³/mol. The molecule has 0 radical (unpaired) electrons. The fraction of sp³-hybridized carbons (Fsp3) is 0.625. The van der Waals surface area contributed by atoms with Crippen molar-refractivity contribution >= 4 is 17.5 Å². The minimum atomic E-state index is 0.0952.